The number of likely N-dealkylation sites (tertiary alicyclic amines) is 1. The third-order valence-electron chi connectivity index (χ3n) is 2.19. The average molecular weight is 218 g/mol. The highest BCUT2D eigenvalue weighted by atomic mass is 16.7. The van der Waals surface area contributed by atoms with Crippen molar-refractivity contribution in [1.29, 1.82) is 0 Å². The van der Waals surface area contributed by atoms with Crippen LogP contribution in [-0.2, 0) is 9.63 Å². The molecule has 3 N–H and O–H groups in total. The van der Waals surface area contributed by atoms with Crippen molar-refractivity contribution in [2.75, 3.05) is 26.3 Å². The van der Waals surface area contributed by atoms with Crippen molar-refractivity contribution in [3.8, 4) is 0 Å². The summed E-state index contributed by atoms with van der Waals surface area (Å²) in [6.45, 7) is 0.509. The number of carboxylic acids is 1. The van der Waals surface area contributed by atoms with Crippen molar-refractivity contribution in [3.05, 3.63) is 0 Å². The highest BCUT2D eigenvalue weighted by Gasteiger charge is 2.25. The van der Waals surface area contributed by atoms with Crippen LogP contribution in [-0.4, -0.2) is 53.4 Å². The molecule has 1 heterocycles. The first-order valence-corrected chi connectivity index (χ1v) is 4.63. The van der Waals surface area contributed by atoms with Crippen LogP contribution < -0.4 is 5.48 Å². The van der Waals surface area contributed by atoms with E-state index in [0.29, 0.717) is 13.1 Å². The second-order valence-electron chi connectivity index (χ2n) is 3.37. The maximum atomic E-state index is 11.3. The summed E-state index contributed by atoms with van der Waals surface area (Å²) < 4.78 is 0. The second kappa shape index (κ2) is 5.52. The molecular weight excluding hydrogens is 204 g/mol. The van der Waals surface area contributed by atoms with Gasteiger partial charge in [-0.2, -0.15) is 0 Å². The molecule has 0 radical (unpaired) electrons. The molecule has 0 aromatic rings. The molecule has 1 fully saturated rings. The zero-order chi connectivity index (χ0) is 11.3. The van der Waals surface area contributed by atoms with Gasteiger partial charge in [-0.1, -0.05) is 0 Å². The smallest absolute Gasteiger partial charge is 0.341 e. The summed E-state index contributed by atoms with van der Waals surface area (Å²) in [7, 11) is 0. The van der Waals surface area contributed by atoms with Crippen LogP contribution in [0.1, 0.15) is 6.42 Å². The molecule has 1 atom stereocenters. The molecule has 1 rings (SSSR count). The molecule has 7 nitrogen and oxygen atoms in total. The van der Waals surface area contributed by atoms with Crippen LogP contribution in [0.2, 0.25) is 0 Å². The lowest BCUT2D eigenvalue weighted by molar-refractivity contribution is -0.144. The van der Waals surface area contributed by atoms with Crippen LogP contribution in [0.3, 0.4) is 0 Å². The van der Waals surface area contributed by atoms with Gasteiger partial charge in [0.2, 0.25) is 0 Å². The Morgan fingerprint density at radius 2 is 2.27 bits per heavy atom. The molecule has 0 aromatic heterocycles. The Kier molecular flexibility index (Phi) is 4.32. The monoisotopic (exact) mass is 218 g/mol. The van der Waals surface area contributed by atoms with E-state index in [4.69, 9.17) is 10.2 Å². The molecule has 0 spiro atoms. The fourth-order valence-electron chi connectivity index (χ4n) is 1.39. The number of urea groups is 1. The summed E-state index contributed by atoms with van der Waals surface area (Å²) in [6, 6.07) is -0.466. The molecule has 7 heteroatoms. The molecule has 1 aliphatic rings. The molecule has 1 saturated heterocycles. The topological polar surface area (TPSA) is 99.1 Å². The fourth-order valence-corrected chi connectivity index (χ4v) is 1.39. The van der Waals surface area contributed by atoms with Gasteiger partial charge in [-0.3, -0.25) is 4.84 Å². The fraction of sp³-hybridized carbons (Fsp3) is 0.750. The second-order valence-corrected chi connectivity index (χ2v) is 3.37. The zero-order valence-corrected chi connectivity index (χ0v) is 8.18. The van der Waals surface area contributed by atoms with E-state index >= 15 is 0 Å². The molecule has 1 aliphatic heterocycles. The lowest BCUT2D eigenvalue weighted by Gasteiger charge is -2.15. The number of aliphatic hydroxyl groups is 1. The van der Waals surface area contributed by atoms with Crippen LogP contribution in [0, 0.1) is 5.92 Å². The van der Waals surface area contributed by atoms with Crippen molar-refractivity contribution in [2.45, 2.75) is 6.42 Å². The number of aliphatic hydroxyl groups excluding tert-OH is 1. The summed E-state index contributed by atoms with van der Waals surface area (Å²) in [5.41, 5.74) is 2.03. The molecule has 0 aliphatic carbocycles. The van der Waals surface area contributed by atoms with E-state index in [2.05, 4.69) is 4.84 Å². The molecule has 86 valence electrons. The largest absolute Gasteiger partial charge is 0.479 e. The first-order chi connectivity index (χ1) is 7.13. The predicted molar refractivity (Wildman–Crippen MR) is 48.9 cm³/mol. The SMILES string of the molecule is O=C(O)CONC(=O)N1CCC(CO)C1. The van der Waals surface area contributed by atoms with E-state index in [-0.39, 0.29) is 12.5 Å². The quantitative estimate of drug-likeness (QED) is 0.527. The number of rotatable bonds is 4. The van der Waals surface area contributed by atoms with Crippen molar-refractivity contribution in [1.82, 2.24) is 10.4 Å². The number of nitrogens with one attached hydrogen (secondary N) is 1. The minimum absolute atomic E-state index is 0.0553. The molecule has 1 unspecified atom stereocenters. The van der Waals surface area contributed by atoms with E-state index in [1.54, 1.807) is 0 Å². The number of carbonyl (C=O) groups excluding carboxylic acids is 1. The maximum absolute atomic E-state index is 11.3. The Labute approximate surface area is 86.6 Å². The van der Waals surface area contributed by atoms with Gasteiger partial charge in [-0.15, -0.1) is 0 Å². The number of hydroxylamine groups is 1. The number of nitrogens with zero attached hydrogens (tertiary/aromatic N) is 1. The first kappa shape index (κ1) is 11.7. The molecule has 0 bridgehead atoms. The summed E-state index contributed by atoms with van der Waals surface area (Å²) in [5.74, 6) is -1.04. The lowest BCUT2D eigenvalue weighted by Crippen LogP contribution is -2.39. The van der Waals surface area contributed by atoms with Crippen LogP contribution in [0.4, 0.5) is 4.79 Å². The van der Waals surface area contributed by atoms with Gasteiger partial charge in [0.15, 0.2) is 6.61 Å². The number of amides is 2. The summed E-state index contributed by atoms with van der Waals surface area (Å²) >= 11 is 0. The van der Waals surface area contributed by atoms with Gasteiger partial charge in [-0.05, 0) is 6.42 Å². The maximum Gasteiger partial charge on any atom is 0.341 e. The Balaban J connectivity index is 2.20. The van der Waals surface area contributed by atoms with Crippen molar-refractivity contribution in [3.63, 3.8) is 0 Å². The Hall–Kier alpha value is -1.34. The minimum Gasteiger partial charge on any atom is -0.479 e. The third-order valence-corrected chi connectivity index (χ3v) is 2.19. The highest BCUT2D eigenvalue weighted by Crippen LogP contribution is 2.14. The predicted octanol–water partition coefficient (Wildman–Crippen LogP) is -0.974. The van der Waals surface area contributed by atoms with Gasteiger partial charge in [0, 0.05) is 25.6 Å². The van der Waals surface area contributed by atoms with Crippen LogP contribution in [0.5, 0.6) is 0 Å². The summed E-state index contributed by atoms with van der Waals surface area (Å²) in [5, 5.41) is 17.1. The van der Waals surface area contributed by atoms with Crippen LogP contribution >= 0.6 is 0 Å². The minimum atomic E-state index is -1.15. The van der Waals surface area contributed by atoms with E-state index < -0.39 is 18.6 Å². The molecule has 0 saturated carbocycles. The van der Waals surface area contributed by atoms with Gasteiger partial charge < -0.3 is 15.1 Å². The van der Waals surface area contributed by atoms with E-state index in [1.165, 1.54) is 4.90 Å². The van der Waals surface area contributed by atoms with Crippen molar-refractivity contribution in [2.24, 2.45) is 5.92 Å². The average Bonchev–Trinajstić information content (AvgIpc) is 2.65. The van der Waals surface area contributed by atoms with Gasteiger partial charge >= 0.3 is 12.0 Å². The third kappa shape index (κ3) is 3.72. The van der Waals surface area contributed by atoms with Gasteiger partial charge in [-0.25, -0.2) is 15.1 Å². The Bertz CT molecular complexity index is 245. The van der Waals surface area contributed by atoms with E-state index in [9.17, 15) is 9.59 Å². The van der Waals surface area contributed by atoms with Gasteiger partial charge in [0.05, 0.1) is 0 Å². The van der Waals surface area contributed by atoms with E-state index in [0.717, 1.165) is 6.42 Å². The van der Waals surface area contributed by atoms with Crippen molar-refractivity contribution < 1.29 is 24.6 Å². The Morgan fingerprint density at radius 1 is 1.53 bits per heavy atom. The zero-order valence-electron chi connectivity index (χ0n) is 8.18. The number of carbonyl (C=O) groups is 2. The number of hydrogen-bond acceptors (Lipinski definition) is 4. The van der Waals surface area contributed by atoms with Gasteiger partial charge in [0.25, 0.3) is 0 Å². The van der Waals surface area contributed by atoms with Crippen LogP contribution in [0.15, 0.2) is 0 Å². The molecule has 2 amide bonds. The number of hydrogen-bond donors (Lipinski definition) is 3. The van der Waals surface area contributed by atoms with Gasteiger partial charge in [0.1, 0.15) is 0 Å². The van der Waals surface area contributed by atoms with Crippen LogP contribution in [0.25, 0.3) is 0 Å². The summed E-state index contributed by atoms with van der Waals surface area (Å²) in [6.07, 6.45) is 0.753. The Morgan fingerprint density at radius 3 is 2.80 bits per heavy atom. The van der Waals surface area contributed by atoms with E-state index in [1.807, 2.05) is 5.48 Å². The first-order valence-electron chi connectivity index (χ1n) is 4.63. The lowest BCUT2D eigenvalue weighted by atomic mass is 10.1. The molecular formula is C8H14N2O5. The normalized spacial score (nSPS) is 20.3. The van der Waals surface area contributed by atoms with Crippen molar-refractivity contribution >= 4 is 12.0 Å². The standard InChI is InChI=1S/C8H14N2O5/c11-4-6-1-2-10(3-6)8(14)9-15-5-7(12)13/h6,11H,1-5H2,(H,9,14)(H,12,13). The number of carboxylic acid groups (broad SMARTS) is 1. The molecule has 15 heavy (non-hydrogen) atoms. The summed E-state index contributed by atoms with van der Waals surface area (Å²) in [4.78, 5) is 27.3. The molecule has 0 aromatic carbocycles. The highest BCUT2D eigenvalue weighted by molar-refractivity contribution is 5.74. The number of aliphatic carboxylic acids is 1.